The topological polar surface area (TPSA) is 47.9 Å². The van der Waals surface area contributed by atoms with Gasteiger partial charge in [0.1, 0.15) is 12.2 Å². The molecule has 0 spiro atoms. The molecule has 16 heavy (non-hydrogen) atoms. The molecule has 0 saturated carbocycles. The van der Waals surface area contributed by atoms with Crippen LogP contribution in [0.5, 0.6) is 0 Å². The van der Waals surface area contributed by atoms with E-state index in [1.54, 1.807) is 6.08 Å². The molecule has 2 rings (SSSR count). The SMILES string of the molecule is C=CCO.C=CCOC1CO[C@@H]2CCO[C@H]12. The highest BCUT2D eigenvalue weighted by molar-refractivity contribution is 4.90. The molecule has 0 radical (unpaired) electrons. The minimum Gasteiger partial charge on any atom is -0.392 e. The van der Waals surface area contributed by atoms with Crippen molar-refractivity contribution in [1.29, 1.82) is 0 Å². The predicted molar refractivity (Wildman–Crippen MR) is 61.3 cm³/mol. The molecule has 2 heterocycles. The molecule has 0 bridgehead atoms. The van der Waals surface area contributed by atoms with Crippen molar-refractivity contribution in [1.82, 2.24) is 0 Å². The van der Waals surface area contributed by atoms with Crippen LogP contribution in [0.3, 0.4) is 0 Å². The van der Waals surface area contributed by atoms with Crippen LogP contribution in [0.4, 0.5) is 0 Å². The molecule has 92 valence electrons. The first-order valence-corrected chi connectivity index (χ1v) is 5.51. The summed E-state index contributed by atoms with van der Waals surface area (Å²) in [5.74, 6) is 0. The van der Waals surface area contributed by atoms with Crippen molar-refractivity contribution >= 4 is 0 Å². The quantitative estimate of drug-likeness (QED) is 0.727. The van der Waals surface area contributed by atoms with Crippen LogP contribution in [-0.4, -0.2) is 49.8 Å². The Bertz CT molecular complexity index is 217. The van der Waals surface area contributed by atoms with Gasteiger partial charge in [0.2, 0.25) is 0 Å². The van der Waals surface area contributed by atoms with Gasteiger partial charge in [-0.1, -0.05) is 12.2 Å². The number of hydrogen-bond donors (Lipinski definition) is 1. The van der Waals surface area contributed by atoms with E-state index in [0.717, 1.165) is 13.0 Å². The van der Waals surface area contributed by atoms with Gasteiger partial charge in [-0.15, -0.1) is 13.2 Å². The van der Waals surface area contributed by atoms with E-state index in [1.165, 1.54) is 6.08 Å². The summed E-state index contributed by atoms with van der Waals surface area (Å²) in [6.07, 6.45) is 4.77. The summed E-state index contributed by atoms with van der Waals surface area (Å²) in [5, 5.41) is 7.76. The van der Waals surface area contributed by atoms with Gasteiger partial charge in [-0.3, -0.25) is 0 Å². The lowest BCUT2D eigenvalue weighted by atomic mass is 10.1. The first kappa shape index (κ1) is 13.4. The maximum atomic E-state index is 7.76. The van der Waals surface area contributed by atoms with Crippen LogP contribution in [0.2, 0.25) is 0 Å². The first-order valence-electron chi connectivity index (χ1n) is 5.51. The van der Waals surface area contributed by atoms with Gasteiger partial charge in [-0.05, 0) is 6.42 Å². The van der Waals surface area contributed by atoms with Crippen LogP contribution in [0.1, 0.15) is 6.42 Å². The highest BCUT2D eigenvalue weighted by Crippen LogP contribution is 2.28. The molecule has 0 amide bonds. The van der Waals surface area contributed by atoms with Crippen molar-refractivity contribution < 1.29 is 19.3 Å². The van der Waals surface area contributed by atoms with E-state index in [1.807, 2.05) is 0 Å². The monoisotopic (exact) mass is 228 g/mol. The summed E-state index contributed by atoms with van der Waals surface area (Å²) in [4.78, 5) is 0. The van der Waals surface area contributed by atoms with Crippen LogP contribution in [0, 0.1) is 0 Å². The maximum Gasteiger partial charge on any atom is 0.112 e. The van der Waals surface area contributed by atoms with Crippen LogP contribution in [0.25, 0.3) is 0 Å². The van der Waals surface area contributed by atoms with Crippen molar-refractivity contribution in [2.45, 2.75) is 24.7 Å². The van der Waals surface area contributed by atoms with E-state index in [0.29, 0.717) is 13.2 Å². The Kier molecular flexibility index (Phi) is 6.33. The summed E-state index contributed by atoms with van der Waals surface area (Å²) < 4.78 is 16.5. The van der Waals surface area contributed by atoms with E-state index >= 15 is 0 Å². The van der Waals surface area contributed by atoms with Gasteiger partial charge in [-0.2, -0.15) is 0 Å². The molecule has 1 unspecified atom stereocenters. The lowest BCUT2D eigenvalue weighted by Gasteiger charge is -2.15. The molecule has 2 aliphatic heterocycles. The fourth-order valence-corrected chi connectivity index (χ4v) is 1.76. The van der Waals surface area contributed by atoms with Crippen molar-refractivity contribution in [3.05, 3.63) is 25.3 Å². The average Bonchev–Trinajstić information content (AvgIpc) is 2.90. The zero-order valence-corrected chi connectivity index (χ0v) is 9.51. The number of rotatable bonds is 4. The second kappa shape index (κ2) is 7.57. The normalized spacial score (nSPS) is 31.4. The number of aliphatic hydroxyl groups excluding tert-OH is 1. The van der Waals surface area contributed by atoms with E-state index in [9.17, 15) is 0 Å². The molecular formula is C12H20O4. The third-order valence-corrected chi connectivity index (χ3v) is 2.48. The summed E-state index contributed by atoms with van der Waals surface area (Å²) in [6.45, 7) is 8.98. The van der Waals surface area contributed by atoms with Gasteiger partial charge in [0, 0.05) is 6.61 Å². The van der Waals surface area contributed by atoms with Gasteiger partial charge in [0.25, 0.3) is 0 Å². The Labute approximate surface area is 96.5 Å². The molecule has 1 N–H and O–H groups in total. The van der Waals surface area contributed by atoms with Crippen molar-refractivity contribution in [2.24, 2.45) is 0 Å². The van der Waals surface area contributed by atoms with Gasteiger partial charge < -0.3 is 19.3 Å². The predicted octanol–water partition coefficient (Wildman–Crippen LogP) is 0.910. The molecule has 0 aliphatic carbocycles. The first-order chi connectivity index (χ1) is 7.83. The van der Waals surface area contributed by atoms with Crippen LogP contribution in [-0.2, 0) is 14.2 Å². The van der Waals surface area contributed by atoms with Gasteiger partial charge >= 0.3 is 0 Å². The number of ether oxygens (including phenoxy) is 3. The van der Waals surface area contributed by atoms with E-state index in [-0.39, 0.29) is 24.9 Å². The Hall–Kier alpha value is -0.680. The fourth-order valence-electron chi connectivity index (χ4n) is 1.76. The van der Waals surface area contributed by atoms with Gasteiger partial charge in [-0.25, -0.2) is 0 Å². The van der Waals surface area contributed by atoms with Crippen LogP contribution in [0.15, 0.2) is 25.3 Å². The lowest BCUT2D eigenvalue weighted by molar-refractivity contribution is -0.0205. The minimum absolute atomic E-state index is 0.0833. The molecule has 2 aliphatic rings. The number of aliphatic hydroxyl groups is 1. The summed E-state index contributed by atoms with van der Waals surface area (Å²) in [7, 11) is 0. The Morgan fingerprint density at radius 3 is 2.69 bits per heavy atom. The van der Waals surface area contributed by atoms with Gasteiger partial charge in [0.15, 0.2) is 0 Å². The van der Waals surface area contributed by atoms with E-state index < -0.39 is 0 Å². The Morgan fingerprint density at radius 1 is 1.31 bits per heavy atom. The van der Waals surface area contributed by atoms with Crippen LogP contribution < -0.4 is 0 Å². The highest BCUT2D eigenvalue weighted by atomic mass is 16.6. The molecule has 3 atom stereocenters. The smallest absolute Gasteiger partial charge is 0.112 e. The molecule has 4 nitrogen and oxygen atoms in total. The second-order valence-electron chi connectivity index (χ2n) is 3.63. The van der Waals surface area contributed by atoms with Crippen molar-refractivity contribution in [3.8, 4) is 0 Å². The third kappa shape index (κ3) is 3.72. The highest BCUT2D eigenvalue weighted by Gasteiger charge is 2.42. The maximum absolute atomic E-state index is 7.76. The molecule has 0 aromatic carbocycles. The lowest BCUT2D eigenvalue weighted by Crippen LogP contribution is -2.29. The average molecular weight is 228 g/mol. The second-order valence-corrected chi connectivity index (χ2v) is 3.63. The van der Waals surface area contributed by atoms with Crippen LogP contribution >= 0.6 is 0 Å². The standard InChI is InChI=1S/C9H14O3.C3H6O/c1-2-4-10-8-6-12-7-3-5-11-9(7)8;1-2-3-4/h2,7-9H,1,3-6H2;2,4H,1,3H2/t7-,8?,9+;/m1./s1. The molecule has 4 heteroatoms. The summed E-state index contributed by atoms with van der Waals surface area (Å²) >= 11 is 0. The van der Waals surface area contributed by atoms with E-state index in [4.69, 9.17) is 19.3 Å². The number of fused-ring (bicyclic) bond motifs is 1. The third-order valence-electron chi connectivity index (χ3n) is 2.48. The molecule has 0 aromatic heterocycles. The fraction of sp³-hybridized carbons (Fsp3) is 0.667. The van der Waals surface area contributed by atoms with Gasteiger partial charge in [0.05, 0.1) is 25.9 Å². The zero-order valence-electron chi connectivity index (χ0n) is 9.51. The van der Waals surface area contributed by atoms with Crippen molar-refractivity contribution in [2.75, 3.05) is 26.4 Å². The van der Waals surface area contributed by atoms with E-state index in [2.05, 4.69) is 13.2 Å². The van der Waals surface area contributed by atoms with Crippen molar-refractivity contribution in [3.63, 3.8) is 0 Å². The molecule has 0 aromatic rings. The summed E-state index contributed by atoms with van der Waals surface area (Å²) in [5.41, 5.74) is 0. The largest absolute Gasteiger partial charge is 0.392 e. The minimum atomic E-state index is 0.0833. The molecule has 2 fully saturated rings. The zero-order chi connectivity index (χ0) is 11.8. The summed E-state index contributed by atoms with van der Waals surface area (Å²) in [6, 6.07) is 0. The Balaban J connectivity index is 0.000000280. The number of hydrogen-bond acceptors (Lipinski definition) is 4. The Morgan fingerprint density at radius 2 is 2.06 bits per heavy atom. The molecular weight excluding hydrogens is 208 g/mol. The molecule has 2 saturated heterocycles.